The summed E-state index contributed by atoms with van der Waals surface area (Å²) in [6.07, 6.45) is 0.592. The number of benzene rings is 1. The minimum Gasteiger partial charge on any atom is -0.315 e. The van der Waals surface area contributed by atoms with Crippen molar-refractivity contribution in [2.75, 3.05) is 11.9 Å². The van der Waals surface area contributed by atoms with E-state index < -0.39 is 0 Å². The Morgan fingerprint density at radius 3 is 2.19 bits per heavy atom. The standard InChI is InChI=1S/C13H17NO2/c1-10-4-7-12(8-5-10)14(3)13(16)9-6-11(2)15/h4-5,7-8H,6,9H2,1-3H3. The van der Waals surface area contributed by atoms with E-state index in [4.69, 9.17) is 0 Å². The summed E-state index contributed by atoms with van der Waals surface area (Å²) in [5.74, 6) is 0.0182. The fourth-order valence-corrected chi connectivity index (χ4v) is 1.36. The molecule has 1 aromatic carbocycles. The molecule has 86 valence electrons. The lowest BCUT2D eigenvalue weighted by Gasteiger charge is -2.17. The molecule has 0 aliphatic carbocycles. The number of rotatable bonds is 4. The molecule has 0 heterocycles. The average Bonchev–Trinajstić information content (AvgIpc) is 2.26. The van der Waals surface area contributed by atoms with Gasteiger partial charge in [-0.25, -0.2) is 0 Å². The maximum atomic E-state index is 11.7. The zero-order chi connectivity index (χ0) is 12.1. The maximum absolute atomic E-state index is 11.7. The van der Waals surface area contributed by atoms with Crippen molar-refractivity contribution in [2.45, 2.75) is 26.7 Å². The summed E-state index contributed by atoms with van der Waals surface area (Å²) >= 11 is 0. The normalized spacial score (nSPS) is 9.94. The number of hydrogen-bond acceptors (Lipinski definition) is 2. The first-order valence-corrected chi connectivity index (χ1v) is 5.33. The highest BCUT2D eigenvalue weighted by molar-refractivity contribution is 5.94. The Hall–Kier alpha value is -1.64. The fraction of sp³-hybridized carbons (Fsp3) is 0.385. The smallest absolute Gasteiger partial charge is 0.227 e. The first-order valence-electron chi connectivity index (χ1n) is 5.33. The summed E-state index contributed by atoms with van der Waals surface area (Å²) in [4.78, 5) is 24.1. The molecule has 0 unspecified atom stereocenters. The summed E-state index contributed by atoms with van der Waals surface area (Å²) < 4.78 is 0. The molecule has 1 rings (SSSR count). The van der Waals surface area contributed by atoms with Gasteiger partial charge >= 0.3 is 0 Å². The van der Waals surface area contributed by atoms with E-state index in [-0.39, 0.29) is 18.1 Å². The van der Waals surface area contributed by atoms with Crippen LogP contribution < -0.4 is 4.90 Å². The Bertz CT molecular complexity index is 381. The van der Waals surface area contributed by atoms with E-state index in [2.05, 4.69) is 0 Å². The molecule has 16 heavy (non-hydrogen) atoms. The van der Waals surface area contributed by atoms with Crippen LogP contribution in [0.5, 0.6) is 0 Å². The van der Waals surface area contributed by atoms with Crippen LogP contribution in [0.25, 0.3) is 0 Å². The van der Waals surface area contributed by atoms with Gasteiger partial charge in [0, 0.05) is 25.6 Å². The molecule has 3 nitrogen and oxygen atoms in total. The van der Waals surface area contributed by atoms with E-state index in [0.717, 1.165) is 11.3 Å². The molecule has 0 saturated heterocycles. The minimum atomic E-state index is -0.0287. The Labute approximate surface area is 96.1 Å². The van der Waals surface area contributed by atoms with Crippen LogP contribution in [-0.4, -0.2) is 18.7 Å². The summed E-state index contributed by atoms with van der Waals surface area (Å²) in [5.41, 5.74) is 2.02. The lowest BCUT2D eigenvalue weighted by atomic mass is 10.2. The first-order chi connectivity index (χ1) is 7.50. The van der Waals surface area contributed by atoms with Crippen LogP contribution in [0, 0.1) is 6.92 Å². The molecule has 0 aliphatic rings. The molecule has 1 amide bonds. The van der Waals surface area contributed by atoms with Crippen LogP contribution in [0.1, 0.15) is 25.3 Å². The van der Waals surface area contributed by atoms with Crippen LogP contribution in [0.15, 0.2) is 24.3 Å². The molecule has 0 spiro atoms. The summed E-state index contributed by atoms with van der Waals surface area (Å²) in [6.45, 7) is 3.50. The van der Waals surface area contributed by atoms with Gasteiger partial charge in [-0.1, -0.05) is 17.7 Å². The highest BCUT2D eigenvalue weighted by atomic mass is 16.2. The molecule has 3 heteroatoms. The van der Waals surface area contributed by atoms with Crippen molar-refractivity contribution in [1.29, 1.82) is 0 Å². The van der Waals surface area contributed by atoms with E-state index >= 15 is 0 Å². The SMILES string of the molecule is CC(=O)CCC(=O)N(C)c1ccc(C)cc1. The summed E-state index contributed by atoms with van der Waals surface area (Å²) in [5, 5.41) is 0. The van der Waals surface area contributed by atoms with E-state index in [1.165, 1.54) is 6.92 Å². The highest BCUT2D eigenvalue weighted by Crippen LogP contribution is 2.14. The molecular formula is C13H17NO2. The monoisotopic (exact) mass is 219 g/mol. The number of ketones is 1. The fourth-order valence-electron chi connectivity index (χ4n) is 1.36. The number of carbonyl (C=O) groups is 2. The van der Waals surface area contributed by atoms with E-state index in [0.29, 0.717) is 6.42 Å². The lowest BCUT2D eigenvalue weighted by Crippen LogP contribution is -2.26. The molecule has 0 radical (unpaired) electrons. The van der Waals surface area contributed by atoms with Crippen molar-refractivity contribution in [3.05, 3.63) is 29.8 Å². The second-order valence-corrected chi connectivity index (χ2v) is 3.99. The topological polar surface area (TPSA) is 37.4 Å². The third-order valence-corrected chi connectivity index (χ3v) is 2.49. The van der Waals surface area contributed by atoms with Gasteiger partial charge in [-0.3, -0.25) is 4.79 Å². The van der Waals surface area contributed by atoms with Gasteiger partial charge < -0.3 is 9.69 Å². The Morgan fingerprint density at radius 2 is 1.69 bits per heavy atom. The molecule has 0 saturated carbocycles. The van der Waals surface area contributed by atoms with Crippen molar-refractivity contribution < 1.29 is 9.59 Å². The molecule has 1 aromatic rings. The van der Waals surface area contributed by atoms with E-state index in [1.54, 1.807) is 11.9 Å². The molecule has 0 aliphatic heterocycles. The van der Waals surface area contributed by atoms with Gasteiger partial charge in [-0.2, -0.15) is 0 Å². The summed E-state index contributed by atoms with van der Waals surface area (Å²) in [7, 11) is 1.73. The van der Waals surface area contributed by atoms with Gasteiger partial charge in [0.2, 0.25) is 5.91 Å². The third-order valence-electron chi connectivity index (χ3n) is 2.49. The molecule has 0 bridgehead atoms. The van der Waals surface area contributed by atoms with Gasteiger partial charge in [0.25, 0.3) is 0 Å². The Morgan fingerprint density at radius 1 is 1.12 bits per heavy atom. The third kappa shape index (κ3) is 3.50. The number of amides is 1. The molecule has 0 N–H and O–H groups in total. The van der Waals surface area contributed by atoms with Crippen molar-refractivity contribution in [3.8, 4) is 0 Å². The Kier molecular flexibility index (Phi) is 4.23. The van der Waals surface area contributed by atoms with Gasteiger partial charge in [-0.15, -0.1) is 0 Å². The molecular weight excluding hydrogens is 202 g/mol. The zero-order valence-corrected chi connectivity index (χ0v) is 9.99. The average molecular weight is 219 g/mol. The highest BCUT2D eigenvalue weighted by Gasteiger charge is 2.11. The van der Waals surface area contributed by atoms with Gasteiger partial charge in [0.1, 0.15) is 5.78 Å². The lowest BCUT2D eigenvalue weighted by molar-refractivity contribution is -0.122. The van der Waals surface area contributed by atoms with Crippen molar-refractivity contribution in [2.24, 2.45) is 0 Å². The quantitative estimate of drug-likeness (QED) is 0.779. The van der Waals surface area contributed by atoms with Crippen LogP contribution in [0.3, 0.4) is 0 Å². The number of aryl methyl sites for hydroxylation is 1. The Balaban J connectivity index is 2.63. The largest absolute Gasteiger partial charge is 0.315 e. The van der Waals surface area contributed by atoms with Crippen molar-refractivity contribution >= 4 is 17.4 Å². The van der Waals surface area contributed by atoms with Crippen LogP contribution >= 0.6 is 0 Å². The van der Waals surface area contributed by atoms with Crippen LogP contribution in [0.2, 0.25) is 0 Å². The second kappa shape index (κ2) is 5.45. The van der Waals surface area contributed by atoms with Crippen molar-refractivity contribution in [3.63, 3.8) is 0 Å². The van der Waals surface area contributed by atoms with E-state index in [1.807, 2.05) is 31.2 Å². The van der Waals surface area contributed by atoms with Crippen molar-refractivity contribution in [1.82, 2.24) is 0 Å². The van der Waals surface area contributed by atoms with Crippen LogP contribution in [-0.2, 0) is 9.59 Å². The number of nitrogens with zero attached hydrogens (tertiary/aromatic N) is 1. The summed E-state index contributed by atoms with van der Waals surface area (Å²) in [6, 6.07) is 7.73. The van der Waals surface area contributed by atoms with Gasteiger partial charge in [0.15, 0.2) is 0 Å². The predicted octanol–water partition coefficient (Wildman–Crippen LogP) is 2.33. The van der Waals surface area contributed by atoms with E-state index in [9.17, 15) is 9.59 Å². The number of Topliss-reactive ketones (excluding diaryl/α,β-unsaturated/α-hetero) is 1. The predicted molar refractivity (Wildman–Crippen MR) is 64.5 cm³/mol. The molecule has 0 atom stereocenters. The van der Waals surface area contributed by atoms with Crippen LogP contribution in [0.4, 0.5) is 5.69 Å². The maximum Gasteiger partial charge on any atom is 0.227 e. The number of carbonyl (C=O) groups excluding carboxylic acids is 2. The molecule has 0 aromatic heterocycles. The van der Waals surface area contributed by atoms with Gasteiger partial charge in [-0.05, 0) is 26.0 Å². The zero-order valence-electron chi connectivity index (χ0n) is 9.99. The van der Waals surface area contributed by atoms with Gasteiger partial charge in [0.05, 0.1) is 0 Å². The second-order valence-electron chi connectivity index (χ2n) is 3.99. The minimum absolute atomic E-state index is 0.0287. The number of anilines is 1. The number of hydrogen-bond donors (Lipinski definition) is 0. The molecule has 0 fully saturated rings. The first kappa shape index (κ1) is 12.4.